The summed E-state index contributed by atoms with van der Waals surface area (Å²) in [6, 6.07) is 49.2. The molecule has 0 radical (unpaired) electrons. The first-order chi connectivity index (χ1) is 20.9. The van der Waals surface area contributed by atoms with Crippen LogP contribution in [0.2, 0.25) is 0 Å². The molecule has 0 spiro atoms. The molecule has 0 heteroatoms. The minimum atomic E-state index is 0.160. The fraction of sp³-hybridized carbons (Fsp3) is 0.116. The van der Waals surface area contributed by atoms with Gasteiger partial charge in [-0.05, 0) is 102 Å². The summed E-state index contributed by atoms with van der Waals surface area (Å²) in [6.45, 7) is 8.93. The Morgan fingerprint density at radius 2 is 0.930 bits per heavy atom. The van der Waals surface area contributed by atoms with E-state index < -0.39 is 0 Å². The van der Waals surface area contributed by atoms with E-state index in [9.17, 15) is 0 Å². The van der Waals surface area contributed by atoms with Gasteiger partial charge in [0.2, 0.25) is 0 Å². The van der Waals surface area contributed by atoms with Crippen molar-refractivity contribution in [2.75, 3.05) is 0 Å². The molecule has 0 saturated carbocycles. The third kappa shape index (κ3) is 4.05. The first kappa shape index (κ1) is 25.7. The molecule has 206 valence electrons. The van der Waals surface area contributed by atoms with Crippen LogP contribution < -0.4 is 0 Å². The summed E-state index contributed by atoms with van der Waals surface area (Å²) in [5.41, 5.74) is 11.1. The first-order valence-corrected chi connectivity index (χ1v) is 15.3. The molecule has 0 unspecified atom stereocenters. The summed E-state index contributed by atoms with van der Waals surface area (Å²) in [4.78, 5) is 0. The lowest BCUT2D eigenvalue weighted by Gasteiger charge is -2.20. The number of aryl methyl sites for hydroxylation is 2. The molecule has 0 amide bonds. The molecule has 0 aromatic heterocycles. The van der Waals surface area contributed by atoms with Crippen LogP contribution in [0.25, 0.3) is 65.3 Å². The Balaban J connectivity index is 0.000000156. The molecule has 0 heterocycles. The standard InChI is InChI=1S/C28H20.C15H14/c1-17-3-4-21-16-22(7-6-20(21)13-17)25-11-9-19-5-8-23-14-18(2)15-24-10-12-26(25)28(19)27(23)24;1-15(2)13-9-5-3-7-11(13)12-8-4-6-10-14(12)15/h3-16H,1-2H3;3-10H,1-2H3. The van der Waals surface area contributed by atoms with Gasteiger partial charge in [-0.15, -0.1) is 0 Å². The number of fused-ring (bicyclic) bond motifs is 4. The highest BCUT2D eigenvalue weighted by molar-refractivity contribution is 6.25. The van der Waals surface area contributed by atoms with Crippen LogP contribution in [0.15, 0.2) is 133 Å². The van der Waals surface area contributed by atoms with E-state index in [1.807, 2.05) is 0 Å². The fourth-order valence-electron chi connectivity index (χ4n) is 7.43. The predicted molar refractivity (Wildman–Crippen MR) is 187 cm³/mol. The molecule has 1 aliphatic carbocycles. The van der Waals surface area contributed by atoms with Gasteiger partial charge in [-0.3, -0.25) is 0 Å². The second kappa shape index (κ2) is 9.54. The van der Waals surface area contributed by atoms with E-state index in [1.54, 1.807) is 0 Å². The largest absolute Gasteiger partial charge is 0.0619 e. The Morgan fingerprint density at radius 3 is 1.65 bits per heavy atom. The molecule has 0 saturated heterocycles. The Labute approximate surface area is 253 Å². The highest BCUT2D eigenvalue weighted by atomic mass is 14.4. The van der Waals surface area contributed by atoms with Crippen molar-refractivity contribution in [2.24, 2.45) is 0 Å². The van der Waals surface area contributed by atoms with Crippen molar-refractivity contribution in [1.82, 2.24) is 0 Å². The topological polar surface area (TPSA) is 0 Å². The second-order valence-corrected chi connectivity index (χ2v) is 12.8. The van der Waals surface area contributed by atoms with Crippen molar-refractivity contribution in [3.8, 4) is 22.3 Å². The molecule has 0 bridgehead atoms. The average molecular weight is 551 g/mol. The minimum Gasteiger partial charge on any atom is -0.0619 e. The summed E-state index contributed by atoms with van der Waals surface area (Å²) in [6.07, 6.45) is 0. The monoisotopic (exact) mass is 550 g/mol. The van der Waals surface area contributed by atoms with Crippen LogP contribution >= 0.6 is 0 Å². The van der Waals surface area contributed by atoms with E-state index >= 15 is 0 Å². The number of rotatable bonds is 1. The van der Waals surface area contributed by atoms with Crippen molar-refractivity contribution in [3.05, 3.63) is 156 Å². The normalized spacial score (nSPS) is 13.3. The zero-order chi connectivity index (χ0) is 29.3. The minimum absolute atomic E-state index is 0.160. The smallest absolute Gasteiger partial charge is 0.0158 e. The van der Waals surface area contributed by atoms with Gasteiger partial charge in [0.25, 0.3) is 0 Å². The maximum atomic E-state index is 2.32. The van der Waals surface area contributed by atoms with Gasteiger partial charge in [-0.25, -0.2) is 0 Å². The Hall–Kier alpha value is -4.94. The highest BCUT2D eigenvalue weighted by Crippen LogP contribution is 2.48. The lowest BCUT2D eigenvalue weighted by atomic mass is 9.82. The molecule has 43 heavy (non-hydrogen) atoms. The van der Waals surface area contributed by atoms with Crippen LogP contribution in [0, 0.1) is 13.8 Å². The van der Waals surface area contributed by atoms with Crippen LogP contribution in [-0.4, -0.2) is 0 Å². The highest BCUT2D eigenvalue weighted by Gasteiger charge is 2.34. The van der Waals surface area contributed by atoms with Crippen LogP contribution in [0.5, 0.6) is 0 Å². The Bertz CT molecular complexity index is 2270. The lowest BCUT2D eigenvalue weighted by molar-refractivity contribution is 0.660. The average Bonchev–Trinajstić information content (AvgIpc) is 3.26. The van der Waals surface area contributed by atoms with Gasteiger partial charge < -0.3 is 0 Å². The third-order valence-electron chi connectivity index (χ3n) is 9.54. The summed E-state index contributed by atoms with van der Waals surface area (Å²) >= 11 is 0. The van der Waals surface area contributed by atoms with Crippen molar-refractivity contribution in [2.45, 2.75) is 33.1 Å². The Morgan fingerprint density at radius 1 is 0.395 bits per heavy atom. The van der Waals surface area contributed by atoms with Crippen molar-refractivity contribution in [1.29, 1.82) is 0 Å². The van der Waals surface area contributed by atoms with Crippen molar-refractivity contribution < 1.29 is 0 Å². The third-order valence-corrected chi connectivity index (χ3v) is 9.54. The van der Waals surface area contributed by atoms with Gasteiger partial charge in [-0.1, -0.05) is 147 Å². The van der Waals surface area contributed by atoms with Gasteiger partial charge >= 0.3 is 0 Å². The molecular weight excluding hydrogens is 516 g/mol. The second-order valence-electron chi connectivity index (χ2n) is 12.8. The number of hydrogen-bond donors (Lipinski definition) is 0. The van der Waals surface area contributed by atoms with Gasteiger partial charge in [0, 0.05) is 5.41 Å². The van der Waals surface area contributed by atoms with Crippen LogP contribution in [0.3, 0.4) is 0 Å². The van der Waals surface area contributed by atoms with Gasteiger partial charge in [-0.2, -0.15) is 0 Å². The predicted octanol–water partition coefficient (Wildman–Crippen LogP) is 12.0. The summed E-state index contributed by atoms with van der Waals surface area (Å²) in [5.74, 6) is 0. The van der Waals surface area contributed by atoms with E-state index in [1.165, 1.54) is 87.6 Å². The van der Waals surface area contributed by atoms with E-state index in [0.29, 0.717) is 0 Å². The number of hydrogen-bond acceptors (Lipinski definition) is 0. The molecule has 9 rings (SSSR count). The van der Waals surface area contributed by atoms with Gasteiger partial charge in [0.05, 0.1) is 0 Å². The molecule has 1 aliphatic rings. The molecule has 8 aromatic rings. The maximum Gasteiger partial charge on any atom is 0.0158 e. The molecule has 0 N–H and O–H groups in total. The van der Waals surface area contributed by atoms with Crippen molar-refractivity contribution >= 4 is 43.1 Å². The molecule has 0 nitrogen and oxygen atoms in total. The van der Waals surface area contributed by atoms with Crippen molar-refractivity contribution in [3.63, 3.8) is 0 Å². The fourth-order valence-corrected chi connectivity index (χ4v) is 7.43. The van der Waals surface area contributed by atoms with E-state index in [4.69, 9.17) is 0 Å². The van der Waals surface area contributed by atoms with Crippen LogP contribution in [-0.2, 0) is 5.41 Å². The molecular formula is C43H34. The zero-order valence-electron chi connectivity index (χ0n) is 25.2. The van der Waals surface area contributed by atoms with E-state index in [-0.39, 0.29) is 5.41 Å². The summed E-state index contributed by atoms with van der Waals surface area (Å²) < 4.78 is 0. The number of benzene rings is 8. The van der Waals surface area contributed by atoms with Crippen LogP contribution in [0.4, 0.5) is 0 Å². The van der Waals surface area contributed by atoms with Crippen LogP contribution in [0.1, 0.15) is 36.1 Å². The van der Waals surface area contributed by atoms with Gasteiger partial charge in [0.15, 0.2) is 0 Å². The van der Waals surface area contributed by atoms with E-state index in [0.717, 1.165) is 0 Å². The van der Waals surface area contributed by atoms with Gasteiger partial charge in [0.1, 0.15) is 0 Å². The maximum absolute atomic E-state index is 2.32. The molecule has 0 aliphatic heterocycles. The zero-order valence-corrected chi connectivity index (χ0v) is 25.2. The van der Waals surface area contributed by atoms with E-state index in [2.05, 4.69) is 161 Å². The SMILES string of the molecule is CC1(C)c2ccccc2-c2ccccc21.Cc1ccc2cc(-c3ccc4ccc5cc(C)cc6ccc3c4c56)ccc2c1. The summed E-state index contributed by atoms with van der Waals surface area (Å²) in [7, 11) is 0. The quantitative estimate of drug-likeness (QED) is 0.178. The summed E-state index contributed by atoms with van der Waals surface area (Å²) in [5, 5.41) is 10.7. The Kier molecular flexibility index (Phi) is 5.71. The molecule has 0 atom stereocenters. The lowest BCUT2D eigenvalue weighted by Crippen LogP contribution is -2.14. The molecule has 8 aromatic carbocycles. The molecule has 0 fully saturated rings. The first-order valence-electron chi connectivity index (χ1n) is 15.3.